The lowest BCUT2D eigenvalue weighted by Crippen LogP contribution is -2.24. The van der Waals surface area contributed by atoms with E-state index in [9.17, 15) is 4.79 Å². The number of aryl methyl sites for hydroxylation is 1. The first-order valence-corrected chi connectivity index (χ1v) is 5.67. The van der Waals surface area contributed by atoms with Gasteiger partial charge >= 0.3 is 0 Å². The van der Waals surface area contributed by atoms with E-state index in [0.29, 0.717) is 18.0 Å². The molecule has 0 saturated carbocycles. The van der Waals surface area contributed by atoms with Gasteiger partial charge in [-0.3, -0.25) is 4.79 Å². The predicted octanol–water partition coefficient (Wildman–Crippen LogP) is 1.99. The smallest absolute Gasteiger partial charge is 0.227 e. The lowest BCUT2D eigenvalue weighted by atomic mass is 10.1. The van der Waals surface area contributed by atoms with Gasteiger partial charge in [0, 0.05) is 36.2 Å². The average Bonchev–Trinajstić information content (AvgIpc) is 2.64. The van der Waals surface area contributed by atoms with Crippen LogP contribution in [0.25, 0.3) is 0 Å². The first-order valence-electron chi connectivity index (χ1n) is 5.29. The molecule has 2 rings (SSSR count). The molecule has 0 radical (unpaired) electrons. The Morgan fingerprint density at radius 2 is 2.31 bits per heavy atom. The van der Waals surface area contributed by atoms with Gasteiger partial charge in [0.1, 0.15) is 0 Å². The number of aliphatic hydroxyl groups excluding tert-OH is 1. The molecule has 16 heavy (non-hydrogen) atoms. The molecule has 86 valence electrons. The minimum Gasteiger partial charge on any atom is -0.396 e. The molecule has 1 fully saturated rings. The van der Waals surface area contributed by atoms with Crippen LogP contribution in [0, 0.1) is 12.8 Å². The van der Waals surface area contributed by atoms with E-state index in [0.717, 1.165) is 11.3 Å². The summed E-state index contributed by atoms with van der Waals surface area (Å²) in [5, 5.41) is 9.75. The van der Waals surface area contributed by atoms with Gasteiger partial charge in [-0.15, -0.1) is 0 Å². The van der Waals surface area contributed by atoms with Gasteiger partial charge in [0.05, 0.1) is 0 Å². The Bertz CT molecular complexity index is 419. The largest absolute Gasteiger partial charge is 0.396 e. The fourth-order valence-corrected chi connectivity index (χ4v) is 2.07. The Morgan fingerprint density at radius 1 is 1.56 bits per heavy atom. The Labute approximate surface area is 99.6 Å². The standard InChI is InChI=1S/C12H14ClNO2/c1-8-4-10(2-3-11(8)13)14-6-9(7-15)5-12(14)16/h2-4,9,15H,5-7H2,1H3. The molecule has 1 aromatic carbocycles. The molecule has 3 nitrogen and oxygen atoms in total. The zero-order chi connectivity index (χ0) is 11.7. The highest BCUT2D eigenvalue weighted by atomic mass is 35.5. The summed E-state index contributed by atoms with van der Waals surface area (Å²) in [6.45, 7) is 2.57. The van der Waals surface area contributed by atoms with Crippen molar-refractivity contribution in [2.75, 3.05) is 18.1 Å². The van der Waals surface area contributed by atoms with Gasteiger partial charge in [0.2, 0.25) is 5.91 Å². The molecule has 1 aromatic rings. The zero-order valence-corrected chi connectivity index (χ0v) is 9.87. The second-order valence-electron chi connectivity index (χ2n) is 4.19. The van der Waals surface area contributed by atoms with E-state index in [-0.39, 0.29) is 18.4 Å². The topological polar surface area (TPSA) is 40.5 Å². The van der Waals surface area contributed by atoms with Crippen LogP contribution < -0.4 is 4.90 Å². The molecule has 4 heteroatoms. The van der Waals surface area contributed by atoms with E-state index in [1.54, 1.807) is 11.0 Å². The lowest BCUT2D eigenvalue weighted by molar-refractivity contribution is -0.117. The van der Waals surface area contributed by atoms with Crippen LogP contribution in [0.15, 0.2) is 18.2 Å². The fourth-order valence-electron chi connectivity index (χ4n) is 1.95. The molecule has 1 aliphatic rings. The van der Waals surface area contributed by atoms with E-state index in [4.69, 9.17) is 16.7 Å². The van der Waals surface area contributed by atoms with Crippen LogP contribution >= 0.6 is 11.6 Å². The highest BCUT2D eigenvalue weighted by Gasteiger charge is 2.30. The second kappa shape index (κ2) is 4.44. The van der Waals surface area contributed by atoms with Crippen molar-refractivity contribution in [1.29, 1.82) is 0 Å². The monoisotopic (exact) mass is 239 g/mol. The van der Waals surface area contributed by atoms with Crippen LogP contribution in [0.5, 0.6) is 0 Å². The van der Waals surface area contributed by atoms with E-state index in [1.807, 2.05) is 19.1 Å². The average molecular weight is 240 g/mol. The molecule has 0 bridgehead atoms. The summed E-state index contributed by atoms with van der Waals surface area (Å²) in [7, 11) is 0. The zero-order valence-electron chi connectivity index (χ0n) is 9.11. The number of halogens is 1. The van der Waals surface area contributed by atoms with Crippen molar-refractivity contribution in [3.63, 3.8) is 0 Å². The Balaban J connectivity index is 2.24. The first-order chi connectivity index (χ1) is 7.61. The van der Waals surface area contributed by atoms with Crippen LogP contribution in [0.4, 0.5) is 5.69 Å². The Kier molecular flexibility index (Phi) is 3.17. The van der Waals surface area contributed by atoms with Crippen LogP contribution in [-0.2, 0) is 4.79 Å². The third-order valence-electron chi connectivity index (χ3n) is 2.92. The number of hydrogen-bond donors (Lipinski definition) is 1. The molecule has 1 heterocycles. The normalized spacial score (nSPS) is 20.6. The van der Waals surface area contributed by atoms with Gasteiger partial charge in [-0.2, -0.15) is 0 Å². The van der Waals surface area contributed by atoms with Gasteiger partial charge in [-0.05, 0) is 30.7 Å². The summed E-state index contributed by atoms with van der Waals surface area (Å²) in [5.74, 6) is 0.129. The maximum atomic E-state index is 11.7. The lowest BCUT2D eigenvalue weighted by Gasteiger charge is -2.17. The highest BCUT2D eigenvalue weighted by molar-refractivity contribution is 6.31. The van der Waals surface area contributed by atoms with Gasteiger partial charge in [-0.1, -0.05) is 11.6 Å². The first kappa shape index (κ1) is 11.4. The Hall–Kier alpha value is -1.06. The van der Waals surface area contributed by atoms with Gasteiger partial charge in [0.15, 0.2) is 0 Å². The summed E-state index contributed by atoms with van der Waals surface area (Å²) in [6, 6.07) is 5.54. The summed E-state index contributed by atoms with van der Waals surface area (Å²) >= 11 is 5.94. The number of nitrogens with zero attached hydrogens (tertiary/aromatic N) is 1. The number of hydrogen-bond acceptors (Lipinski definition) is 2. The number of carbonyl (C=O) groups excluding carboxylic acids is 1. The van der Waals surface area contributed by atoms with Crippen LogP contribution in [-0.4, -0.2) is 24.2 Å². The highest BCUT2D eigenvalue weighted by Crippen LogP contribution is 2.27. The summed E-state index contributed by atoms with van der Waals surface area (Å²) in [5.41, 5.74) is 1.82. The minimum absolute atomic E-state index is 0.0588. The summed E-state index contributed by atoms with van der Waals surface area (Å²) in [4.78, 5) is 13.4. The van der Waals surface area contributed by atoms with Gasteiger partial charge in [-0.25, -0.2) is 0 Å². The van der Waals surface area contributed by atoms with E-state index in [1.165, 1.54) is 0 Å². The molecule has 1 aliphatic heterocycles. The van der Waals surface area contributed by atoms with Crippen LogP contribution in [0.2, 0.25) is 5.02 Å². The molecule has 0 aromatic heterocycles. The number of benzene rings is 1. The molecule has 0 aliphatic carbocycles. The van der Waals surface area contributed by atoms with Gasteiger partial charge in [0.25, 0.3) is 0 Å². The predicted molar refractivity (Wildman–Crippen MR) is 63.7 cm³/mol. The number of amides is 1. The number of rotatable bonds is 2. The molecule has 1 N–H and O–H groups in total. The van der Waals surface area contributed by atoms with E-state index >= 15 is 0 Å². The second-order valence-corrected chi connectivity index (χ2v) is 4.60. The third-order valence-corrected chi connectivity index (χ3v) is 3.34. The quantitative estimate of drug-likeness (QED) is 0.858. The van der Waals surface area contributed by atoms with Gasteiger partial charge < -0.3 is 10.0 Å². The van der Waals surface area contributed by atoms with Crippen molar-refractivity contribution in [3.8, 4) is 0 Å². The maximum absolute atomic E-state index is 11.7. The molecular formula is C12H14ClNO2. The summed E-state index contributed by atoms with van der Waals surface area (Å²) < 4.78 is 0. The molecule has 1 atom stereocenters. The molecular weight excluding hydrogens is 226 g/mol. The third kappa shape index (κ3) is 2.06. The fraction of sp³-hybridized carbons (Fsp3) is 0.417. The maximum Gasteiger partial charge on any atom is 0.227 e. The van der Waals surface area contributed by atoms with E-state index in [2.05, 4.69) is 0 Å². The van der Waals surface area contributed by atoms with Crippen molar-refractivity contribution in [2.24, 2.45) is 5.92 Å². The van der Waals surface area contributed by atoms with Crippen LogP contribution in [0.3, 0.4) is 0 Å². The molecule has 1 unspecified atom stereocenters. The number of aliphatic hydroxyl groups is 1. The van der Waals surface area contributed by atoms with Crippen molar-refractivity contribution in [3.05, 3.63) is 28.8 Å². The number of anilines is 1. The SMILES string of the molecule is Cc1cc(N2CC(CO)CC2=O)ccc1Cl. The Morgan fingerprint density at radius 3 is 2.88 bits per heavy atom. The van der Waals surface area contributed by atoms with Crippen molar-refractivity contribution >= 4 is 23.2 Å². The minimum atomic E-state index is 0.0588. The number of carbonyl (C=O) groups is 1. The van der Waals surface area contributed by atoms with Crippen LogP contribution in [0.1, 0.15) is 12.0 Å². The van der Waals surface area contributed by atoms with Crippen molar-refractivity contribution < 1.29 is 9.90 Å². The van der Waals surface area contributed by atoms with Crippen molar-refractivity contribution in [2.45, 2.75) is 13.3 Å². The van der Waals surface area contributed by atoms with Crippen molar-refractivity contribution in [1.82, 2.24) is 0 Å². The molecule has 0 spiro atoms. The van der Waals surface area contributed by atoms with E-state index < -0.39 is 0 Å². The molecule has 1 amide bonds. The molecule has 1 saturated heterocycles. The summed E-state index contributed by atoms with van der Waals surface area (Å²) in [6.07, 6.45) is 0.429.